The van der Waals surface area contributed by atoms with Crippen LogP contribution in [0.3, 0.4) is 0 Å². The number of hydrogen-bond acceptors (Lipinski definition) is 4. The van der Waals surface area contributed by atoms with Gasteiger partial charge in [0.05, 0.1) is 10.2 Å². The SMILES string of the molecule is [c]1nc2ccccc2o1.[c]1nc2ccccc2s1. The van der Waals surface area contributed by atoms with Gasteiger partial charge in [0.25, 0.3) is 6.39 Å². The van der Waals surface area contributed by atoms with E-state index in [-0.39, 0.29) is 0 Å². The molecular formula is C14H8N2OS. The molecule has 0 atom stereocenters. The van der Waals surface area contributed by atoms with Gasteiger partial charge in [-0.1, -0.05) is 24.3 Å². The highest BCUT2D eigenvalue weighted by molar-refractivity contribution is 7.16. The third-order valence-corrected chi connectivity index (χ3v) is 3.12. The van der Waals surface area contributed by atoms with Crippen LogP contribution < -0.4 is 0 Å². The molecule has 18 heavy (non-hydrogen) atoms. The second-order valence-corrected chi connectivity index (χ2v) is 4.37. The number of nitrogens with zero attached hydrogens (tertiary/aromatic N) is 2. The van der Waals surface area contributed by atoms with Gasteiger partial charge in [0.1, 0.15) is 5.52 Å². The third kappa shape index (κ3) is 2.24. The maximum absolute atomic E-state index is 4.88. The Morgan fingerprint density at radius 2 is 1.67 bits per heavy atom. The van der Waals surface area contributed by atoms with E-state index in [0.29, 0.717) is 0 Å². The van der Waals surface area contributed by atoms with Crippen LogP contribution in [0.25, 0.3) is 21.3 Å². The monoisotopic (exact) mass is 252 g/mol. The molecule has 0 saturated heterocycles. The van der Waals surface area contributed by atoms with Crippen LogP contribution in [-0.4, -0.2) is 9.97 Å². The molecule has 0 unspecified atom stereocenters. The van der Waals surface area contributed by atoms with E-state index in [2.05, 4.69) is 21.9 Å². The van der Waals surface area contributed by atoms with E-state index in [1.165, 1.54) is 4.70 Å². The quantitative estimate of drug-likeness (QED) is 0.478. The standard InChI is InChI=1S/C7H4NO.C7H4NS/c2*1-2-4-7-6(3-1)8-5-9-7/h2*1-4H. The largest absolute Gasteiger partial charge is 0.432 e. The molecule has 0 aliphatic heterocycles. The molecule has 0 spiro atoms. The molecule has 0 bridgehead atoms. The Morgan fingerprint density at radius 3 is 2.50 bits per heavy atom. The number of thiazole rings is 1. The minimum atomic E-state index is 0.789. The lowest BCUT2D eigenvalue weighted by molar-refractivity contribution is 0.591. The van der Waals surface area contributed by atoms with Crippen LogP contribution in [0.15, 0.2) is 52.9 Å². The van der Waals surface area contributed by atoms with E-state index in [9.17, 15) is 0 Å². The van der Waals surface area contributed by atoms with Crippen molar-refractivity contribution in [1.29, 1.82) is 0 Å². The van der Waals surface area contributed by atoms with E-state index in [1.807, 2.05) is 48.5 Å². The first-order chi connectivity index (χ1) is 8.93. The van der Waals surface area contributed by atoms with Crippen molar-refractivity contribution >= 4 is 32.7 Å². The molecule has 4 aromatic rings. The fraction of sp³-hybridized carbons (Fsp3) is 0. The number of aromatic nitrogens is 2. The number of oxazole rings is 1. The zero-order valence-electron chi connectivity index (χ0n) is 9.33. The fourth-order valence-corrected chi connectivity index (χ4v) is 2.12. The summed E-state index contributed by atoms with van der Waals surface area (Å²) >= 11 is 1.55. The molecule has 4 rings (SSSR count). The molecule has 0 fully saturated rings. The summed E-state index contributed by atoms with van der Waals surface area (Å²) in [5.74, 6) is 0. The lowest BCUT2D eigenvalue weighted by atomic mass is 10.3. The third-order valence-electron chi connectivity index (χ3n) is 2.37. The van der Waals surface area contributed by atoms with E-state index in [1.54, 1.807) is 11.3 Å². The topological polar surface area (TPSA) is 38.9 Å². The zero-order chi connectivity index (χ0) is 12.2. The summed E-state index contributed by atoms with van der Waals surface area (Å²) in [6.45, 7) is 0. The molecular weight excluding hydrogens is 244 g/mol. The van der Waals surface area contributed by atoms with Crippen LogP contribution >= 0.6 is 11.3 Å². The van der Waals surface area contributed by atoms with Crippen molar-refractivity contribution in [3.63, 3.8) is 0 Å². The Morgan fingerprint density at radius 1 is 0.889 bits per heavy atom. The van der Waals surface area contributed by atoms with Gasteiger partial charge in [0, 0.05) is 0 Å². The maximum Gasteiger partial charge on any atom is 0.284 e. The Kier molecular flexibility index (Phi) is 3.02. The number of fused-ring (bicyclic) bond motifs is 2. The normalized spacial score (nSPS) is 10.2. The average Bonchev–Trinajstić information content (AvgIpc) is 3.08. The number of hydrogen-bond donors (Lipinski definition) is 0. The van der Waals surface area contributed by atoms with Crippen LogP contribution in [0.4, 0.5) is 0 Å². The first kappa shape index (κ1) is 10.9. The van der Waals surface area contributed by atoms with Gasteiger partial charge in [0.2, 0.25) is 0 Å². The molecule has 2 radical (unpaired) electrons. The summed E-state index contributed by atoms with van der Waals surface area (Å²) in [6.07, 6.45) is 2.41. The summed E-state index contributed by atoms with van der Waals surface area (Å²) in [6, 6.07) is 15.6. The highest BCUT2D eigenvalue weighted by Crippen LogP contribution is 2.14. The highest BCUT2D eigenvalue weighted by Gasteiger charge is 1.92. The van der Waals surface area contributed by atoms with Crippen LogP contribution in [0.1, 0.15) is 0 Å². The van der Waals surface area contributed by atoms with E-state index < -0.39 is 0 Å². The van der Waals surface area contributed by atoms with E-state index >= 15 is 0 Å². The van der Waals surface area contributed by atoms with E-state index in [0.717, 1.165) is 16.6 Å². The first-order valence-corrected chi connectivity index (χ1v) is 6.18. The van der Waals surface area contributed by atoms with Gasteiger partial charge in [-0.2, -0.15) is 0 Å². The van der Waals surface area contributed by atoms with Gasteiger partial charge in [-0.25, -0.2) is 9.97 Å². The van der Waals surface area contributed by atoms with Gasteiger partial charge in [-0.05, 0) is 24.3 Å². The maximum atomic E-state index is 4.88. The average molecular weight is 252 g/mol. The summed E-state index contributed by atoms with van der Waals surface area (Å²) in [4.78, 5) is 7.84. The zero-order valence-corrected chi connectivity index (χ0v) is 10.1. The highest BCUT2D eigenvalue weighted by atomic mass is 32.1. The Hall–Kier alpha value is -2.20. The smallest absolute Gasteiger partial charge is 0.284 e. The molecule has 2 heterocycles. The van der Waals surface area contributed by atoms with Gasteiger partial charge in [-0.3, -0.25) is 0 Å². The van der Waals surface area contributed by atoms with Crippen molar-refractivity contribution in [2.24, 2.45) is 0 Å². The summed E-state index contributed by atoms with van der Waals surface area (Å²) in [5, 5.41) is 0. The Balaban J connectivity index is 0.000000111. The minimum Gasteiger partial charge on any atom is -0.432 e. The summed E-state index contributed by atoms with van der Waals surface area (Å²) < 4.78 is 6.09. The van der Waals surface area contributed by atoms with Crippen molar-refractivity contribution in [1.82, 2.24) is 9.97 Å². The molecule has 0 N–H and O–H groups in total. The molecule has 2 aromatic carbocycles. The van der Waals surface area contributed by atoms with Crippen LogP contribution in [0.5, 0.6) is 0 Å². The Labute approximate surface area is 108 Å². The lowest BCUT2D eigenvalue weighted by Crippen LogP contribution is -1.61. The van der Waals surface area contributed by atoms with Crippen LogP contribution in [0, 0.1) is 11.9 Å². The van der Waals surface area contributed by atoms with Crippen molar-refractivity contribution in [3.05, 3.63) is 60.4 Å². The number of rotatable bonds is 0. The molecule has 0 aliphatic rings. The predicted octanol–water partition coefficient (Wildman–Crippen LogP) is 3.72. The second-order valence-electron chi connectivity index (χ2n) is 3.55. The number of para-hydroxylation sites is 3. The van der Waals surface area contributed by atoms with Crippen molar-refractivity contribution in [3.8, 4) is 0 Å². The predicted molar refractivity (Wildman–Crippen MR) is 71.3 cm³/mol. The summed E-state index contributed by atoms with van der Waals surface area (Å²) in [5.41, 5.74) is 5.52. The molecule has 0 saturated carbocycles. The van der Waals surface area contributed by atoms with Crippen molar-refractivity contribution in [2.45, 2.75) is 0 Å². The van der Waals surface area contributed by atoms with Gasteiger partial charge < -0.3 is 4.42 Å². The second kappa shape index (κ2) is 4.98. The number of benzene rings is 2. The fourth-order valence-electron chi connectivity index (χ4n) is 1.51. The molecule has 2 aromatic heterocycles. The van der Waals surface area contributed by atoms with Crippen molar-refractivity contribution < 1.29 is 4.42 Å². The van der Waals surface area contributed by atoms with Gasteiger partial charge in [-0.15, -0.1) is 11.3 Å². The van der Waals surface area contributed by atoms with Gasteiger partial charge >= 0.3 is 0 Å². The van der Waals surface area contributed by atoms with Crippen LogP contribution in [0.2, 0.25) is 0 Å². The minimum absolute atomic E-state index is 0.789. The van der Waals surface area contributed by atoms with Crippen molar-refractivity contribution in [2.75, 3.05) is 0 Å². The summed E-state index contributed by atoms with van der Waals surface area (Å²) in [7, 11) is 0. The molecule has 3 nitrogen and oxygen atoms in total. The van der Waals surface area contributed by atoms with E-state index in [4.69, 9.17) is 4.42 Å². The van der Waals surface area contributed by atoms with Gasteiger partial charge in [0.15, 0.2) is 11.1 Å². The Bertz CT molecular complexity index is 634. The molecule has 86 valence electrons. The first-order valence-electron chi connectivity index (χ1n) is 5.37. The molecule has 0 aliphatic carbocycles. The lowest BCUT2D eigenvalue weighted by Gasteiger charge is -1.80. The molecule has 4 heteroatoms. The molecule has 0 amide bonds. The van der Waals surface area contributed by atoms with Crippen LogP contribution in [-0.2, 0) is 0 Å².